The Hall–Kier alpha value is -3.35. The second-order valence-electron chi connectivity index (χ2n) is 6.63. The number of hydrogen-bond donors (Lipinski definition) is 1. The van der Waals surface area contributed by atoms with Crippen molar-refractivity contribution in [1.29, 1.82) is 0 Å². The molecule has 7 heteroatoms. The number of rotatable bonds is 5. The number of methoxy groups -OCH3 is 2. The number of nitrogens with zero attached hydrogens (tertiary/aromatic N) is 3. The summed E-state index contributed by atoms with van der Waals surface area (Å²) in [5.74, 6) is 1.98. The van der Waals surface area contributed by atoms with E-state index in [9.17, 15) is 4.79 Å². The van der Waals surface area contributed by atoms with Crippen molar-refractivity contribution in [2.45, 2.75) is 12.8 Å². The van der Waals surface area contributed by atoms with E-state index in [0.29, 0.717) is 28.7 Å². The van der Waals surface area contributed by atoms with Crippen LogP contribution in [0.15, 0.2) is 42.5 Å². The molecule has 1 amide bonds. The molecule has 3 aromatic rings. The number of para-hydroxylation sites is 2. The van der Waals surface area contributed by atoms with Gasteiger partial charge in [-0.3, -0.25) is 4.79 Å². The summed E-state index contributed by atoms with van der Waals surface area (Å²) in [5, 5.41) is 2.93. The van der Waals surface area contributed by atoms with Crippen molar-refractivity contribution in [2.24, 2.45) is 0 Å². The van der Waals surface area contributed by atoms with E-state index in [1.165, 1.54) is 0 Å². The van der Waals surface area contributed by atoms with E-state index in [2.05, 4.69) is 15.2 Å². The summed E-state index contributed by atoms with van der Waals surface area (Å²) in [5.41, 5.74) is 1.98. The quantitative estimate of drug-likeness (QED) is 0.732. The smallest absolute Gasteiger partial charge is 0.257 e. The number of carbonyl (C=O) groups excluding carboxylic acids is 1. The highest BCUT2D eigenvalue weighted by Crippen LogP contribution is 2.29. The maximum Gasteiger partial charge on any atom is 0.257 e. The third kappa shape index (κ3) is 3.55. The van der Waals surface area contributed by atoms with E-state index in [1.807, 2.05) is 24.3 Å². The number of aromatic nitrogens is 2. The zero-order valence-corrected chi connectivity index (χ0v) is 15.9. The van der Waals surface area contributed by atoms with Gasteiger partial charge in [0, 0.05) is 24.7 Å². The lowest BCUT2D eigenvalue weighted by Gasteiger charge is -2.20. The van der Waals surface area contributed by atoms with Gasteiger partial charge in [0.1, 0.15) is 11.5 Å². The average Bonchev–Trinajstić information content (AvgIpc) is 3.27. The first-order chi connectivity index (χ1) is 13.7. The van der Waals surface area contributed by atoms with Crippen molar-refractivity contribution < 1.29 is 14.3 Å². The molecule has 1 aliphatic rings. The fourth-order valence-electron chi connectivity index (χ4n) is 3.34. The SMILES string of the molecule is COc1cc(OC)cc(C(=O)Nc2nc3ccccc3nc2N2CCCC2)c1. The fraction of sp³-hybridized carbons (Fsp3) is 0.286. The number of hydrogen-bond acceptors (Lipinski definition) is 6. The minimum absolute atomic E-state index is 0.290. The van der Waals surface area contributed by atoms with Crippen LogP contribution in [0.4, 0.5) is 11.6 Å². The zero-order valence-electron chi connectivity index (χ0n) is 15.9. The van der Waals surface area contributed by atoms with Crippen LogP contribution in [0.5, 0.6) is 11.5 Å². The molecule has 0 atom stereocenters. The molecule has 1 aromatic heterocycles. The summed E-state index contributed by atoms with van der Waals surface area (Å²) in [4.78, 5) is 24.6. The Kier molecular flexibility index (Phi) is 4.97. The molecule has 1 N–H and O–H groups in total. The van der Waals surface area contributed by atoms with Gasteiger partial charge in [-0.05, 0) is 37.1 Å². The minimum atomic E-state index is -0.290. The van der Waals surface area contributed by atoms with Crippen LogP contribution >= 0.6 is 0 Å². The second kappa shape index (κ2) is 7.72. The van der Waals surface area contributed by atoms with E-state index >= 15 is 0 Å². The van der Waals surface area contributed by atoms with Gasteiger partial charge in [0.2, 0.25) is 0 Å². The summed E-state index contributed by atoms with van der Waals surface area (Å²) in [6.45, 7) is 1.81. The molecule has 4 rings (SSSR count). The van der Waals surface area contributed by atoms with Crippen molar-refractivity contribution in [3.8, 4) is 11.5 Å². The average molecular weight is 378 g/mol. The number of carbonyl (C=O) groups is 1. The van der Waals surface area contributed by atoms with Crippen molar-refractivity contribution in [1.82, 2.24) is 9.97 Å². The molecule has 144 valence electrons. The minimum Gasteiger partial charge on any atom is -0.497 e. The van der Waals surface area contributed by atoms with Gasteiger partial charge in [0.15, 0.2) is 11.6 Å². The van der Waals surface area contributed by atoms with Crippen LogP contribution in [0.25, 0.3) is 11.0 Å². The van der Waals surface area contributed by atoms with E-state index in [4.69, 9.17) is 14.5 Å². The summed E-state index contributed by atoms with van der Waals surface area (Å²) < 4.78 is 10.5. The number of nitrogens with one attached hydrogen (secondary N) is 1. The van der Waals surface area contributed by atoms with E-state index < -0.39 is 0 Å². The van der Waals surface area contributed by atoms with Gasteiger partial charge in [-0.1, -0.05) is 12.1 Å². The molecule has 28 heavy (non-hydrogen) atoms. The molecule has 1 fully saturated rings. The molecule has 0 radical (unpaired) electrons. The van der Waals surface area contributed by atoms with Gasteiger partial charge in [-0.25, -0.2) is 9.97 Å². The van der Waals surface area contributed by atoms with Crippen LogP contribution in [-0.4, -0.2) is 43.2 Å². The topological polar surface area (TPSA) is 76.6 Å². The Morgan fingerprint density at radius 3 is 2.18 bits per heavy atom. The van der Waals surface area contributed by atoms with Gasteiger partial charge in [0.05, 0.1) is 25.3 Å². The van der Waals surface area contributed by atoms with Crippen molar-refractivity contribution in [3.05, 3.63) is 48.0 Å². The molecule has 7 nitrogen and oxygen atoms in total. The molecule has 0 aliphatic carbocycles. The number of anilines is 2. The van der Waals surface area contributed by atoms with Crippen LogP contribution in [0.2, 0.25) is 0 Å². The maximum atomic E-state index is 12.9. The van der Waals surface area contributed by atoms with Crippen LogP contribution in [-0.2, 0) is 0 Å². The lowest BCUT2D eigenvalue weighted by molar-refractivity contribution is 0.102. The van der Waals surface area contributed by atoms with E-state index in [1.54, 1.807) is 32.4 Å². The highest BCUT2D eigenvalue weighted by Gasteiger charge is 2.21. The highest BCUT2D eigenvalue weighted by molar-refractivity contribution is 6.06. The number of fused-ring (bicyclic) bond motifs is 1. The monoisotopic (exact) mass is 378 g/mol. The predicted octanol–water partition coefficient (Wildman–Crippen LogP) is 3.50. The van der Waals surface area contributed by atoms with Crippen molar-refractivity contribution in [3.63, 3.8) is 0 Å². The maximum absolute atomic E-state index is 12.9. The molecule has 1 aliphatic heterocycles. The first kappa shape index (κ1) is 18.0. The summed E-state index contributed by atoms with van der Waals surface area (Å²) >= 11 is 0. The van der Waals surface area contributed by atoms with Crippen LogP contribution in [0.1, 0.15) is 23.2 Å². The lowest BCUT2D eigenvalue weighted by atomic mass is 10.2. The summed E-state index contributed by atoms with van der Waals surface area (Å²) in [6.07, 6.45) is 2.21. The summed E-state index contributed by atoms with van der Waals surface area (Å²) in [7, 11) is 3.10. The molecular weight excluding hydrogens is 356 g/mol. The van der Waals surface area contributed by atoms with Gasteiger partial charge in [-0.2, -0.15) is 0 Å². The predicted molar refractivity (Wildman–Crippen MR) is 108 cm³/mol. The Morgan fingerprint density at radius 1 is 0.964 bits per heavy atom. The molecule has 0 saturated carbocycles. The number of ether oxygens (including phenoxy) is 2. The molecule has 0 unspecified atom stereocenters. The number of benzene rings is 2. The normalized spacial score (nSPS) is 13.6. The Morgan fingerprint density at radius 2 is 1.57 bits per heavy atom. The molecule has 0 bridgehead atoms. The Bertz CT molecular complexity index is 993. The zero-order chi connectivity index (χ0) is 19.5. The molecule has 2 aromatic carbocycles. The largest absolute Gasteiger partial charge is 0.497 e. The third-order valence-corrected chi connectivity index (χ3v) is 4.80. The first-order valence-electron chi connectivity index (χ1n) is 9.24. The standard InChI is InChI=1S/C21H22N4O3/c1-27-15-11-14(12-16(13-15)28-2)21(26)24-19-20(25-9-5-6-10-25)23-18-8-4-3-7-17(18)22-19/h3-4,7-8,11-13H,5-6,9-10H2,1-2H3,(H,22,24,26). The highest BCUT2D eigenvalue weighted by atomic mass is 16.5. The fourth-order valence-corrected chi connectivity index (χ4v) is 3.34. The lowest BCUT2D eigenvalue weighted by Crippen LogP contribution is -2.23. The second-order valence-corrected chi connectivity index (χ2v) is 6.63. The van der Waals surface area contributed by atoms with Gasteiger partial charge in [-0.15, -0.1) is 0 Å². The Labute approximate surface area is 163 Å². The van der Waals surface area contributed by atoms with Crippen LogP contribution in [0.3, 0.4) is 0 Å². The van der Waals surface area contributed by atoms with Gasteiger partial charge >= 0.3 is 0 Å². The van der Waals surface area contributed by atoms with E-state index in [-0.39, 0.29) is 5.91 Å². The third-order valence-electron chi connectivity index (χ3n) is 4.80. The first-order valence-corrected chi connectivity index (χ1v) is 9.24. The van der Waals surface area contributed by atoms with Gasteiger partial charge in [0.25, 0.3) is 5.91 Å². The van der Waals surface area contributed by atoms with Crippen molar-refractivity contribution >= 4 is 28.6 Å². The van der Waals surface area contributed by atoms with Crippen molar-refractivity contribution in [2.75, 3.05) is 37.5 Å². The molecule has 2 heterocycles. The van der Waals surface area contributed by atoms with Crippen LogP contribution < -0.4 is 19.7 Å². The molecule has 0 spiro atoms. The Balaban J connectivity index is 1.72. The number of amides is 1. The summed E-state index contributed by atoms with van der Waals surface area (Å²) in [6, 6.07) is 12.7. The molecule has 1 saturated heterocycles. The van der Waals surface area contributed by atoms with E-state index in [0.717, 1.165) is 37.0 Å². The molecular formula is C21H22N4O3. The van der Waals surface area contributed by atoms with Crippen LogP contribution in [0, 0.1) is 0 Å². The van der Waals surface area contributed by atoms with Gasteiger partial charge < -0.3 is 19.7 Å².